The van der Waals surface area contributed by atoms with E-state index in [-0.39, 0.29) is 24.5 Å². The van der Waals surface area contributed by atoms with E-state index in [1.807, 2.05) is 0 Å². The molecule has 0 spiro atoms. The van der Waals surface area contributed by atoms with Crippen LogP contribution in [0, 0.1) is 11.8 Å². The Balaban J connectivity index is 1.74. The van der Waals surface area contributed by atoms with Gasteiger partial charge in [-0.3, -0.25) is 9.69 Å². The third-order valence-corrected chi connectivity index (χ3v) is 4.73. The summed E-state index contributed by atoms with van der Waals surface area (Å²) < 4.78 is 0. The summed E-state index contributed by atoms with van der Waals surface area (Å²) in [7, 11) is 0. The molecule has 0 radical (unpaired) electrons. The maximum absolute atomic E-state index is 12.1. The average Bonchev–Trinajstić information content (AvgIpc) is 2.42. The van der Waals surface area contributed by atoms with Crippen LogP contribution in [0.5, 0.6) is 0 Å². The van der Waals surface area contributed by atoms with Gasteiger partial charge in [0, 0.05) is 18.6 Å². The number of carbonyl (C=O) groups excluding carboxylic acids is 1. The smallest absolute Gasteiger partial charge is 0.234 e. The highest BCUT2D eigenvalue weighted by Gasteiger charge is 2.26. The summed E-state index contributed by atoms with van der Waals surface area (Å²) >= 11 is 0. The molecule has 2 fully saturated rings. The van der Waals surface area contributed by atoms with Crippen LogP contribution < -0.4 is 5.32 Å². The number of piperidine rings is 1. The minimum atomic E-state index is 0.139. The maximum atomic E-state index is 12.1. The minimum Gasteiger partial charge on any atom is -0.396 e. The molecule has 2 aliphatic rings. The molecule has 0 aromatic heterocycles. The van der Waals surface area contributed by atoms with Gasteiger partial charge >= 0.3 is 0 Å². The van der Waals surface area contributed by atoms with E-state index in [1.165, 1.54) is 25.7 Å². The van der Waals surface area contributed by atoms with Crippen molar-refractivity contribution in [3.8, 4) is 0 Å². The SMILES string of the molecule is CC1CCN(CC(=O)NC2CCCCC2CO)CC1. The number of hydrogen-bond donors (Lipinski definition) is 2. The zero-order valence-electron chi connectivity index (χ0n) is 12.1. The minimum absolute atomic E-state index is 0.139. The molecule has 2 atom stereocenters. The molecule has 0 aromatic rings. The second-order valence-corrected chi connectivity index (χ2v) is 6.36. The fourth-order valence-electron chi connectivity index (χ4n) is 3.29. The summed E-state index contributed by atoms with van der Waals surface area (Å²) in [6.07, 6.45) is 6.83. The number of aliphatic hydroxyl groups excluding tert-OH is 1. The van der Waals surface area contributed by atoms with Gasteiger partial charge in [-0.15, -0.1) is 0 Å². The van der Waals surface area contributed by atoms with E-state index in [9.17, 15) is 9.90 Å². The van der Waals surface area contributed by atoms with E-state index in [2.05, 4.69) is 17.1 Å². The molecule has 1 saturated carbocycles. The molecular weight excluding hydrogens is 240 g/mol. The standard InChI is InChI=1S/C15H28N2O2/c1-12-6-8-17(9-7-12)10-15(19)16-14-5-3-2-4-13(14)11-18/h12-14,18H,2-11H2,1H3,(H,16,19). The van der Waals surface area contributed by atoms with Crippen LogP contribution in [0.2, 0.25) is 0 Å². The number of amides is 1. The van der Waals surface area contributed by atoms with Gasteiger partial charge in [0.15, 0.2) is 0 Å². The van der Waals surface area contributed by atoms with Gasteiger partial charge in [0.1, 0.15) is 0 Å². The van der Waals surface area contributed by atoms with Crippen LogP contribution in [0.15, 0.2) is 0 Å². The fourth-order valence-corrected chi connectivity index (χ4v) is 3.29. The van der Waals surface area contributed by atoms with E-state index < -0.39 is 0 Å². The van der Waals surface area contributed by atoms with Crippen LogP contribution in [0.4, 0.5) is 0 Å². The lowest BCUT2D eigenvalue weighted by Gasteiger charge is -2.33. The highest BCUT2D eigenvalue weighted by Crippen LogP contribution is 2.24. The topological polar surface area (TPSA) is 52.6 Å². The van der Waals surface area contributed by atoms with Gasteiger partial charge in [-0.1, -0.05) is 19.8 Å². The Morgan fingerprint density at radius 2 is 1.89 bits per heavy atom. The Bertz CT molecular complexity index is 288. The van der Waals surface area contributed by atoms with Crippen LogP contribution in [0.1, 0.15) is 45.4 Å². The van der Waals surface area contributed by atoms with Crippen LogP contribution in [-0.4, -0.2) is 48.2 Å². The predicted octanol–water partition coefficient (Wildman–Crippen LogP) is 1.39. The van der Waals surface area contributed by atoms with Gasteiger partial charge in [0.05, 0.1) is 6.54 Å². The molecule has 1 saturated heterocycles. The molecule has 0 bridgehead atoms. The molecule has 1 aliphatic carbocycles. The number of likely N-dealkylation sites (tertiary alicyclic amines) is 1. The number of nitrogens with zero attached hydrogens (tertiary/aromatic N) is 1. The first kappa shape index (κ1) is 14.8. The van der Waals surface area contributed by atoms with Gasteiger partial charge in [-0.2, -0.15) is 0 Å². The van der Waals surface area contributed by atoms with Crippen molar-refractivity contribution in [1.29, 1.82) is 0 Å². The summed E-state index contributed by atoms with van der Waals surface area (Å²) in [5.74, 6) is 1.20. The number of aliphatic hydroxyl groups is 1. The molecule has 2 rings (SSSR count). The zero-order valence-corrected chi connectivity index (χ0v) is 12.1. The van der Waals surface area contributed by atoms with E-state index in [4.69, 9.17) is 0 Å². The van der Waals surface area contributed by atoms with E-state index in [1.54, 1.807) is 0 Å². The molecule has 1 aliphatic heterocycles. The van der Waals surface area contributed by atoms with Crippen molar-refractivity contribution in [2.75, 3.05) is 26.2 Å². The summed E-state index contributed by atoms with van der Waals surface area (Å²) in [5, 5.41) is 12.5. The van der Waals surface area contributed by atoms with Gasteiger partial charge in [0.2, 0.25) is 5.91 Å². The highest BCUT2D eigenvalue weighted by atomic mass is 16.3. The van der Waals surface area contributed by atoms with Crippen molar-refractivity contribution in [3.63, 3.8) is 0 Å². The van der Waals surface area contributed by atoms with E-state index in [0.29, 0.717) is 6.54 Å². The molecule has 1 amide bonds. The van der Waals surface area contributed by atoms with Crippen molar-refractivity contribution in [2.45, 2.75) is 51.5 Å². The van der Waals surface area contributed by atoms with Crippen molar-refractivity contribution in [2.24, 2.45) is 11.8 Å². The van der Waals surface area contributed by atoms with Crippen molar-refractivity contribution >= 4 is 5.91 Å². The second-order valence-electron chi connectivity index (χ2n) is 6.36. The molecule has 0 aromatic carbocycles. The Morgan fingerprint density at radius 1 is 1.21 bits per heavy atom. The highest BCUT2D eigenvalue weighted by molar-refractivity contribution is 5.78. The Kier molecular flexibility index (Phi) is 5.64. The second kappa shape index (κ2) is 7.25. The quantitative estimate of drug-likeness (QED) is 0.810. The predicted molar refractivity (Wildman–Crippen MR) is 75.8 cm³/mol. The van der Waals surface area contributed by atoms with Crippen LogP contribution in [0.25, 0.3) is 0 Å². The summed E-state index contributed by atoms with van der Waals surface area (Å²) in [6, 6.07) is 0.190. The van der Waals surface area contributed by atoms with E-state index in [0.717, 1.165) is 31.8 Å². The molecule has 2 unspecified atom stereocenters. The Labute approximate surface area is 116 Å². The third-order valence-electron chi connectivity index (χ3n) is 4.73. The van der Waals surface area contributed by atoms with Crippen molar-refractivity contribution < 1.29 is 9.90 Å². The lowest BCUT2D eigenvalue weighted by molar-refractivity contribution is -0.124. The molecular formula is C15H28N2O2. The fraction of sp³-hybridized carbons (Fsp3) is 0.933. The normalized spacial score (nSPS) is 30.2. The zero-order chi connectivity index (χ0) is 13.7. The third kappa shape index (κ3) is 4.46. The maximum Gasteiger partial charge on any atom is 0.234 e. The van der Waals surface area contributed by atoms with Crippen molar-refractivity contribution in [1.82, 2.24) is 10.2 Å². The van der Waals surface area contributed by atoms with Crippen LogP contribution >= 0.6 is 0 Å². The molecule has 110 valence electrons. The molecule has 2 N–H and O–H groups in total. The van der Waals surface area contributed by atoms with Gasteiger partial charge in [-0.05, 0) is 44.7 Å². The Hall–Kier alpha value is -0.610. The number of carbonyl (C=O) groups is 1. The molecule has 4 nitrogen and oxygen atoms in total. The van der Waals surface area contributed by atoms with Gasteiger partial charge < -0.3 is 10.4 Å². The molecule has 19 heavy (non-hydrogen) atoms. The van der Waals surface area contributed by atoms with Crippen LogP contribution in [0.3, 0.4) is 0 Å². The average molecular weight is 268 g/mol. The number of nitrogens with one attached hydrogen (secondary N) is 1. The summed E-state index contributed by atoms with van der Waals surface area (Å²) in [5.41, 5.74) is 0. The first-order valence-corrected chi connectivity index (χ1v) is 7.81. The monoisotopic (exact) mass is 268 g/mol. The lowest BCUT2D eigenvalue weighted by Crippen LogP contribution is -2.48. The first-order valence-electron chi connectivity index (χ1n) is 7.81. The van der Waals surface area contributed by atoms with Gasteiger partial charge in [-0.25, -0.2) is 0 Å². The summed E-state index contributed by atoms with van der Waals surface area (Å²) in [6.45, 7) is 5.10. The largest absolute Gasteiger partial charge is 0.396 e. The number of hydrogen-bond acceptors (Lipinski definition) is 3. The van der Waals surface area contributed by atoms with E-state index >= 15 is 0 Å². The van der Waals surface area contributed by atoms with Crippen LogP contribution in [-0.2, 0) is 4.79 Å². The lowest BCUT2D eigenvalue weighted by atomic mass is 9.85. The Morgan fingerprint density at radius 3 is 2.58 bits per heavy atom. The molecule has 1 heterocycles. The van der Waals surface area contributed by atoms with Crippen molar-refractivity contribution in [3.05, 3.63) is 0 Å². The summed E-state index contributed by atoms with van der Waals surface area (Å²) in [4.78, 5) is 14.3. The number of rotatable bonds is 4. The first-order chi connectivity index (χ1) is 9.19. The molecule has 4 heteroatoms. The van der Waals surface area contributed by atoms with Gasteiger partial charge in [0.25, 0.3) is 0 Å².